The summed E-state index contributed by atoms with van der Waals surface area (Å²) < 4.78 is 12.8. The van der Waals surface area contributed by atoms with Crippen LogP contribution in [0.15, 0.2) is 131 Å². The molecule has 4 aromatic carbocycles. The zero-order valence-electron chi connectivity index (χ0n) is 24.4. The van der Waals surface area contributed by atoms with Gasteiger partial charge < -0.3 is 18.8 Å². The highest BCUT2D eigenvalue weighted by atomic mass is 16.3. The lowest BCUT2D eigenvalue weighted by Crippen LogP contribution is -2.62. The van der Waals surface area contributed by atoms with Crippen molar-refractivity contribution >= 4 is 55.1 Å². The van der Waals surface area contributed by atoms with E-state index in [0.717, 1.165) is 48.2 Å². The van der Waals surface area contributed by atoms with E-state index in [9.17, 15) is 0 Å². The van der Waals surface area contributed by atoms with Gasteiger partial charge in [-0.3, -0.25) is 9.38 Å². The Bertz CT molecular complexity index is 2190. The maximum atomic E-state index is 6.06. The molecule has 0 aliphatic carbocycles. The molecule has 8 aromatic rings. The van der Waals surface area contributed by atoms with Gasteiger partial charge in [0.25, 0.3) is 0 Å². The molecule has 0 amide bonds. The minimum atomic E-state index is 0.238. The molecule has 6 nitrogen and oxygen atoms in total. The fourth-order valence-electron chi connectivity index (χ4n) is 7.72. The highest BCUT2D eigenvalue weighted by Gasteiger charge is 2.45. The highest BCUT2D eigenvalue weighted by Crippen LogP contribution is 2.45. The van der Waals surface area contributed by atoms with E-state index in [2.05, 4.69) is 112 Å². The fourth-order valence-corrected chi connectivity index (χ4v) is 7.72. The Kier molecular flexibility index (Phi) is 5.79. The molecule has 0 bridgehead atoms. The van der Waals surface area contributed by atoms with Crippen LogP contribution in [0, 0.1) is 0 Å². The molecule has 0 saturated carbocycles. The van der Waals surface area contributed by atoms with E-state index in [-0.39, 0.29) is 6.04 Å². The van der Waals surface area contributed by atoms with Gasteiger partial charge in [0.15, 0.2) is 0 Å². The second kappa shape index (κ2) is 10.0. The maximum Gasteiger partial charge on any atom is 0.147 e. The summed E-state index contributed by atoms with van der Waals surface area (Å²) in [4.78, 5) is 9.62. The molecule has 1 aliphatic heterocycles. The topological polar surface area (TPSA) is 61.1 Å². The van der Waals surface area contributed by atoms with Crippen LogP contribution in [0.2, 0.25) is 0 Å². The number of furan rings is 2. The molecule has 1 aliphatic rings. The van der Waals surface area contributed by atoms with Crippen LogP contribution < -0.4 is 4.48 Å². The lowest BCUT2D eigenvalue weighted by Gasteiger charge is -2.48. The second-order valence-corrected chi connectivity index (χ2v) is 12.1. The molecule has 4 aromatic heterocycles. The van der Waals surface area contributed by atoms with Gasteiger partial charge in [-0.15, -0.1) is 0 Å². The zero-order valence-corrected chi connectivity index (χ0v) is 24.4. The number of piperazine rings is 1. The van der Waals surface area contributed by atoms with Gasteiger partial charge in [-0.2, -0.15) is 0 Å². The molecular formula is C38H33N4O2+. The molecule has 0 spiro atoms. The second-order valence-electron chi connectivity index (χ2n) is 12.1. The summed E-state index contributed by atoms with van der Waals surface area (Å²) in [6.45, 7) is 3.64. The normalized spacial score (nSPS) is 17.3. The number of para-hydroxylation sites is 2. The smallest absolute Gasteiger partial charge is 0.147 e. The van der Waals surface area contributed by atoms with Crippen molar-refractivity contribution in [3.8, 4) is 0 Å². The van der Waals surface area contributed by atoms with Crippen LogP contribution in [0.4, 0.5) is 11.4 Å². The van der Waals surface area contributed by atoms with Crippen molar-refractivity contribution in [3.05, 3.63) is 133 Å². The van der Waals surface area contributed by atoms with E-state index < -0.39 is 0 Å². The predicted octanol–water partition coefficient (Wildman–Crippen LogP) is 8.91. The van der Waals surface area contributed by atoms with Crippen molar-refractivity contribution in [2.45, 2.75) is 19.0 Å². The Labute approximate surface area is 254 Å². The van der Waals surface area contributed by atoms with Crippen molar-refractivity contribution in [1.29, 1.82) is 0 Å². The molecule has 9 rings (SSSR count). The van der Waals surface area contributed by atoms with Gasteiger partial charge >= 0.3 is 0 Å². The monoisotopic (exact) mass is 577 g/mol. The summed E-state index contributed by atoms with van der Waals surface area (Å²) in [6.07, 6.45) is 8.94. The highest BCUT2D eigenvalue weighted by molar-refractivity contribution is 5.98. The summed E-state index contributed by atoms with van der Waals surface area (Å²) in [7, 11) is 0. The van der Waals surface area contributed by atoms with Crippen LogP contribution in [0.3, 0.4) is 0 Å². The van der Waals surface area contributed by atoms with Gasteiger partial charge in [0.05, 0.1) is 40.4 Å². The first kappa shape index (κ1) is 25.5. The van der Waals surface area contributed by atoms with Crippen molar-refractivity contribution in [2.75, 3.05) is 19.6 Å². The number of hydrogen-bond acceptors (Lipinski definition) is 3. The number of fused-ring (bicyclic) bond motifs is 4. The van der Waals surface area contributed by atoms with Crippen molar-refractivity contribution in [1.82, 2.24) is 19.4 Å². The molecule has 1 atom stereocenters. The number of hydrogen-bond donors (Lipinski definition) is 2. The van der Waals surface area contributed by atoms with Crippen LogP contribution in [0.1, 0.15) is 11.1 Å². The molecule has 2 N–H and O–H groups in total. The van der Waals surface area contributed by atoms with E-state index in [0.29, 0.717) is 0 Å². The summed E-state index contributed by atoms with van der Waals surface area (Å²) in [5.41, 5.74) is 9.41. The average Bonchev–Trinajstić information content (AvgIpc) is 3.88. The number of H-pyrrole nitrogens is 2. The SMILES string of the molecule is c1cc([N+]2(c3cccc4[nH]ccc34)CCN(Cc3coc4ccccc34)C(Cc3coc4ccccc34)C2)c2cc[nH]c2c1. The number of benzene rings is 4. The minimum Gasteiger partial charge on any atom is -0.464 e. The largest absolute Gasteiger partial charge is 0.464 e. The van der Waals surface area contributed by atoms with E-state index in [4.69, 9.17) is 8.83 Å². The zero-order chi connectivity index (χ0) is 29.1. The molecule has 1 saturated heterocycles. The quantitative estimate of drug-likeness (QED) is 0.194. The molecule has 1 unspecified atom stereocenters. The summed E-state index contributed by atoms with van der Waals surface area (Å²) in [5.74, 6) is 0. The first-order valence-corrected chi connectivity index (χ1v) is 15.4. The number of nitrogens with one attached hydrogen (secondary N) is 2. The lowest BCUT2D eigenvalue weighted by molar-refractivity contribution is 0.101. The van der Waals surface area contributed by atoms with Crippen molar-refractivity contribution in [3.63, 3.8) is 0 Å². The van der Waals surface area contributed by atoms with Gasteiger partial charge in [-0.1, -0.05) is 48.5 Å². The Morgan fingerprint density at radius 1 is 0.636 bits per heavy atom. The average molecular weight is 578 g/mol. The molecule has 6 heteroatoms. The van der Waals surface area contributed by atoms with E-state index >= 15 is 0 Å². The maximum absolute atomic E-state index is 6.06. The summed E-state index contributed by atoms with van der Waals surface area (Å²) >= 11 is 0. The Balaban J connectivity index is 1.21. The first-order chi connectivity index (χ1) is 21.8. The van der Waals surface area contributed by atoms with E-state index in [1.54, 1.807) is 0 Å². The molecule has 216 valence electrons. The minimum absolute atomic E-state index is 0.238. The number of rotatable bonds is 6. The molecule has 44 heavy (non-hydrogen) atoms. The summed E-state index contributed by atoms with van der Waals surface area (Å²) in [5, 5.41) is 4.95. The first-order valence-electron chi connectivity index (χ1n) is 15.4. The third kappa shape index (κ3) is 3.95. The van der Waals surface area contributed by atoms with Crippen LogP contribution in [-0.2, 0) is 13.0 Å². The van der Waals surface area contributed by atoms with Crippen molar-refractivity contribution < 1.29 is 8.83 Å². The lowest BCUT2D eigenvalue weighted by atomic mass is 9.96. The van der Waals surface area contributed by atoms with Gasteiger partial charge in [0.2, 0.25) is 0 Å². The van der Waals surface area contributed by atoms with Crippen LogP contribution in [0.5, 0.6) is 0 Å². The third-order valence-electron chi connectivity index (χ3n) is 9.83. The number of aromatic nitrogens is 2. The number of nitrogens with zero attached hydrogens (tertiary/aromatic N) is 2. The van der Waals surface area contributed by atoms with Crippen LogP contribution >= 0.6 is 0 Å². The standard InChI is InChI=1S/C38H33N4O2/c1-3-13-37-29(7-1)26(24-43-37)21-28-23-42(35-11-5-9-33-31(35)15-17-39-33,36-12-6-10-34-32(36)16-18-40-34)20-19-41(28)22-27-25-44-38-14-4-2-8-30(27)38/h1-18,24-25,28,39-40H,19-23H2/q+1. The number of quaternary nitrogens is 1. The van der Waals surface area contributed by atoms with Crippen LogP contribution in [-0.4, -0.2) is 40.5 Å². The van der Waals surface area contributed by atoms with Crippen LogP contribution in [0.25, 0.3) is 43.7 Å². The third-order valence-corrected chi connectivity index (χ3v) is 9.83. The molecule has 0 radical (unpaired) electrons. The van der Waals surface area contributed by atoms with Gasteiger partial charge in [-0.05, 0) is 48.4 Å². The predicted molar refractivity (Wildman–Crippen MR) is 178 cm³/mol. The Morgan fingerprint density at radius 2 is 1.23 bits per heavy atom. The summed E-state index contributed by atoms with van der Waals surface area (Å²) in [6, 6.07) is 34.9. The molecule has 1 fully saturated rings. The number of aromatic amines is 2. The molecule has 5 heterocycles. The molecular weight excluding hydrogens is 544 g/mol. The Morgan fingerprint density at radius 3 is 1.89 bits per heavy atom. The van der Waals surface area contributed by atoms with Crippen molar-refractivity contribution in [2.24, 2.45) is 0 Å². The van der Waals surface area contributed by atoms with E-state index in [1.165, 1.54) is 55.1 Å². The Hall–Kier alpha value is -5.04. The van der Waals surface area contributed by atoms with Gasteiger partial charge in [0, 0.05) is 54.0 Å². The van der Waals surface area contributed by atoms with Gasteiger partial charge in [-0.25, -0.2) is 0 Å². The fraction of sp³-hybridized carbons (Fsp3) is 0.158. The van der Waals surface area contributed by atoms with E-state index in [1.807, 2.05) is 24.7 Å². The van der Waals surface area contributed by atoms with Gasteiger partial charge in [0.1, 0.15) is 35.6 Å².